The molecule has 0 atom stereocenters. The number of rotatable bonds is 5. The van der Waals surface area contributed by atoms with Crippen LogP contribution in [0, 0.1) is 6.92 Å². The highest BCUT2D eigenvalue weighted by Gasteiger charge is 2.23. The van der Waals surface area contributed by atoms with Gasteiger partial charge in [0.15, 0.2) is 0 Å². The molecule has 0 bridgehead atoms. The Morgan fingerprint density at radius 1 is 0.893 bits per heavy atom. The Kier molecular flexibility index (Phi) is 5.69. The van der Waals surface area contributed by atoms with Gasteiger partial charge < -0.3 is 9.84 Å². The second-order valence-electron chi connectivity index (χ2n) is 7.44. The highest BCUT2D eigenvalue weighted by molar-refractivity contribution is 5.84. The highest BCUT2D eigenvalue weighted by atomic mass is 16.5. The smallest absolute Gasteiger partial charge is 0.411 e. The van der Waals surface area contributed by atoms with Crippen molar-refractivity contribution in [1.82, 2.24) is 0 Å². The quantitative estimate of drug-likeness (QED) is 0.595. The highest BCUT2D eigenvalue weighted by Crippen LogP contribution is 2.32. The van der Waals surface area contributed by atoms with Crippen molar-refractivity contribution in [1.29, 1.82) is 0 Å². The lowest BCUT2D eigenvalue weighted by atomic mass is 9.78. The van der Waals surface area contributed by atoms with Gasteiger partial charge in [-0.05, 0) is 47.9 Å². The van der Waals surface area contributed by atoms with E-state index in [0.717, 1.165) is 16.7 Å². The van der Waals surface area contributed by atoms with E-state index in [-0.39, 0.29) is 17.8 Å². The summed E-state index contributed by atoms with van der Waals surface area (Å²) in [7, 11) is 0. The van der Waals surface area contributed by atoms with E-state index in [1.165, 1.54) is 5.56 Å². The van der Waals surface area contributed by atoms with Crippen LogP contribution in [-0.4, -0.2) is 11.2 Å². The van der Waals surface area contributed by atoms with Crippen molar-refractivity contribution in [3.63, 3.8) is 0 Å². The molecule has 0 saturated carbocycles. The number of hydrogen-bond acceptors (Lipinski definition) is 3. The van der Waals surface area contributed by atoms with E-state index in [2.05, 4.69) is 19.2 Å². The number of aromatic hydroxyl groups is 1. The Hall–Kier alpha value is -3.27. The fourth-order valence-electron chi connectivity index (χ4n) is 3.00. The summed E-state index contributed by atoms with van der Waals surface area (Å²) in [5.74, 6) is 0.253. The van der Waals surface area contributed by atoms with Gasteiger partial charge in [-0.1, -0.05) is 67.9 Å². The average molecular weight is 375 g/mol. The van der Waals surface area contributed by atoms with E-state index in [0.29, 0.717) is 5.69 Å². The number of amides is 1. The molecule has 0 heterocycles. The first-order valence-electron chi connectivity index (χ1n) is 9.24. The van der Waals surface area contributed by atoms with Crippen LogP contribution in [-0.2, 0) is 16.8 Å². The van der Waals surface area contributed by atoms with Gasteiger partial charge in [0.25, 0.3) is 0 Å². The van der Waals surface area contributed by atoms with Gasteiger partial charge >= 0.3 is 6.09 Å². The zero-order valence-corrected chi connectivity index (χ0v) is 16.4. The largest absolute Gasteiger partial charge is 0.508 e. The number of anilines is 1. The van der Waals surface area contributed by atoms with Gasteiger partial charge in [-0.25, -0.2) is 4.79 Å². The van der Waals surface area contributed by atoms with Crippen molar-refractivity contribution in [3.8, 4) is 5.75 Å². The third kappa shape index (κ3) is 4.71. The lowest BCUT2D eigenvalue weighted by molar-refractivity contribution is 0.155. The maximum Gasteiger partial charge on any atom is 0.411 e. The van der Waals surface area contributed by atoms with Crippen molar-refractivity contribution in [2.24, 2.45) is 0 Å². The topological polar surface area (TPSA) is 58.6 Å². The van der Waals surface area contributed by atoms with Crippen LogP contribution in [0.25, 0.3) is 0 Å². The molecule has 3 aromatic carbocycles. The standard InChI is InChI=1S/C24H25NO3/c1-17-4-6-18(7-5-17)16-28-23(27)25-21-12-8-19(9-13-21)24(2,3)20-10-14-22(26)15-11-20/h4-15,26H,16H2,1-3H3,(H,25,27). The van der Waals surface area contributed by atoms with E-state index in [1.54, 1.807) is 12.1 Å². The predicted octanol–water partition coefficient (Wildman–Crippen LogP) is 5.78. The van der Waals surface area contributed by atoms with Crippen LogP contribution in [0.4, 0.5) is 10.5 Å². The maximum atomic E-state index is 12.0. The fourth-order valence-corrected chi connectivity index (χ4v) is 3.00. The molecule has 144 valence electrons. The molecule has 0 radical (unpaired) electrons. The zero-order chi connectivity index (χ0) is 20.1. The van der Waals surface area contributed by atoms with E-state index in [9.17, 15) is 9.90 Å². The summed E-state index contributed by atoms with van der Waals surface area (Å²) in [6.07, 6.45) is -0.480. The third-order valence-corrected chi connectivity index (χ3v) is 4.93. The number of phenols is 1. The van der Waals surface area contributed by atoms with Gasteiger partial charge in [-0.3, -0.25) is 5.32 Å². The van der Waals surface area contributed by atoms with Gasteiger partial charge in [0.05, 0.1) is 0 Å². The van der Waals surface area contributed by atoms with Crippen molar-refractivity contribution < 1.29 is 14.6 Å². The molecular formula is C24H25NO3. The summed E-state index contributed by atoms with van der Waals surface area (Å²) >= 11 is 0. The summed E-state index contributed by atoms with van der Waals surface area (Å²) in [5.41, 5.74) is 4.78. The SMILES string of the molecule is Cc1ccc(COC(=O)Nc2ccc(C(C)(C)c3ccc(O)cc3)cc2)cc1. The van der Waals surface area contributed by atoms with Crippen molar-refractivity contribution >= 4 is 11.8 Å². The maximum absolute atomic E-state index is 12.0. The third-order valence-electron chi connectivity index (χ3n) is 4.93. The molecule has 0 unspecified atom stereocenters. The molecular weight excluding hydrogens is 350 g/mol. The minimum absolute atomic E-state index is 0.224. The van der Waals surface area contributed by atoms with Crippen LogP contribution in [0.3, 0.4) is 0 Å². The van der Waals surface area contributed by atoms with Crippen molar-refractivity contribution in [2.75, 3.05) is 5.32 Å². The summed E-state index contributed by atoms with van der Waals surface area (Å²) < 4.78 is 5.28. The Morgan fingerprint density at radius 3 is 2.00 bits per heavy atom. The lowest BCUT2D eigenvalue weighted by Gasteiger charge is -2.26. The van der Waals surface area contributed by atoms with E-state index >= 15 is 0 Å². The van der Waals surface area contributed by atoms with Crippen LogP contribution in [0.15, 0.2) is 72.8 Å². The lowest BCUT2D eigenvalue weighted by Crippen LogP contribution is -2.19. The number of hydrogen-bond donors (Lipinski definition) is 2. The molecule has 4 heteroatoms. The average Bonchev–Trinajstić information content (AvgIpc) is 2.68. The molecule has 2 N–H and O–H groups in total. The second-order valence-corrected chi connectivity index (χ2v) is 7.44. The Bertz CT molecular complexity index is 927. The van der Waals surface area contributed by atoms with Gasteiger partial charge in [0, 0.05) is 11.1 Å². The van der Waals surface area contributed by atoms with Crippen LogP contribution in [0.1, 0.15) is 36.1 Å². The van der Waals surface area contributed by atoms with Crippen molar-refractivity contribution in [3.05, 3.63) is 95.1 Å². The first-order valence-corrected chi connectivity index (χ1v) is 9.24. The van der Waals surface area contributed by atoms with Crippen LogP contribution < -0.4 is 5.32 Å². The summed E-state index contributed by atoms with van der Waals surface area (Å²) in [4.78, 5) is 12.0. The number of nitrogens with one attached hydrogen (secondary N) is 1. The molecule has 0 spiro atoms. The summed E-state index contributed by atoms with van der Waals surface area (Å²) in [5, 5.41) is 12.2. The van der Waals surface area contributed by atoms with Crippen molar-refractivity contribution in [2.45, 2.75) is 32.8 Å². The normalized spacial score (nSPS) is 11.1. The number of carbonyl (C=O) groups excluding carboxylic acids is 1. The number of carbonyl (C=O) groups is 1. The molecule has 0 fully saturated rings. The van der Waals surface area contributed by atoms with E-state index in [4.69, 9.17) is 4.74 Å². The van der Waals surface area contributed by atoms with E-state index < -0.39 is 6.09 Å². The molecule has 0 aromatic heterocycles. The molecule has 0 aliphatic carbocycles. The molecule has 1 amide bonds. The molecule has 0 aliphatic heterocycles. The molecule has 28 heavy (non-hydrogen) atoms. The minimum atomic E-state index is -0.480. The summed E-state index contributed by atoms with van der Waals surface area (Å²) in [6.45, 7) is 6.50. The minimum Gasteiger partial charge on any atom is -0.508 e. The number of phenolic OH excluding ortho intramolecular Hbond substituents is 1. The monoisotopic (exact) mass is 375 g/mol. The predicted molar refractivity (Wildman–Crippen MR) is 112 cm³/mol. The van der Waals surface area contributed by atoms with Gasteiger partial charge in [-0.2, -0.15) is 0 Å². The molecule has 3 aromatic rings. The van der Waals surface area contributed by atoms with Crippen LogP contribution in [0.2, 0.25) is 0 Å². The molecule has 0 saturated heterocycles. The Morgan fingerprint density at radius 2 is 1.43 bits per heavy atom. The number of benzene rings is 3. The second kappa shape index (κ2) is 8.17. The van der Waals surface area contributed by atoms with Gasteiger partial charge in [0.2, 0.25) is 0 Å². The molecule has 3 rings (SSSR count). The van der Waals surface area contributed by atoms with Crippen LogP contribution in [0.5, 0.6) is 5.75 Å². The number of ether oxygens (including phenoxy) is 1. The zero-order valence-electron chi connectivity index (χ0n) is 16.4. The van der Waals surface area contributed by atoms with E-state index in [1.807, 2.05) is 67.6 Å². The van der Waals surface area contributed by atoms with Gasteiger partial charge in [-0.15, -0.1) is 0 Å². The molecule has 0 aliphatic rings. The van der Waals surface area contributed by atoms with Crippen LogP contribution >= 0.6 is 0 Å². The number of aryl methyl sites for hydroxylation is 1. The Balaban J connectivity index is 1.61. The fraction of sp³-hybridized carbons (Fsp3) is 0.208. The first kappa shape index (κ1) is 19.5. The Labute approximate surface area is 165 Å². The first-order chi connectivity index (χ1) is 13.3. The van der Waals surface area contributed by atoms with Gasteiger partial charge in [0.1, 0.15) is 12.4 Å². The molecule has 4 nitrogen and oxygen atoms in total. The summed E-state index contributed by atoms with van der Waals surface area (Å²) in [6, 6.07) is 22.8.